The molecule has 4 saturated carbocycles. The molecule has 0 aromatic carbocycles. The second kappa shape index (κ2) is 5.20. The van der Waals surface area contributed by atoms with Crippen LogP contribution in [0.5, 0.6) is 0 Å². The van der Waals surface area contributed by atoms with Gasteiger partial charge in [-0.15, -0.1) is 0 Å². The maximum atomic E-state index is 10.2. The van der Waals surface area contributed by atoms with Gasteiger partial charge in [-0.1, -0.05) is 13.8 Å². The molecule has 136 valence electrons. The Bertz CT molecular complexity index is 513. The Labute approximate surface area is 146 Å². The summed E-state index contributed by atoms with van der Waals surface area (Å²) in [6, 6.07) is 0. The van der Waals surface area contributed by atoms with Crippen LogP contribution in [-0.2, 0) is 9.47 Å². The van der Waals surface area contributed by atoms with Gasteiger partial charge in [-0.2, -0.15) is 0 Å². The second-order valence-corrected chi connectivity index (χ2v) is 10.0. The molecule has 5 fully saturated rings. The Hall–Kier alpha value is -0.120. The van der Waals surface area contributed by atoms with Crippen molar-refractivity contribution in [1.29, 1.82) is 0 Å². The summed E-state index contributed by atoms with van der Waals surface area (Å²) in [4.78, 5) is 0. The third kappa shape index (κ3) is 1.90. The highest BCUT2D eigenvalue weighted by molar-refractivity contribution is 5.12. The molecule has 24 heavy (non-hydrogen) atoms. The predicted molar refractivity (Wildman–Crippen MR) is 92.4 cm³/mol. The van der Waals surface area contributed by atoms with Crippen LogP contribution in [0, 0.1) is 34.5 Å². The lowest BCUT2D eigenvalue weighted by Gasteiger charge is -2.61. The van der Waals surface area contributed by atoms with Gasteiger partial charge in [-0.3, -0.25) is 0 Å². The van der Waals surface area contributed by atoms with Crippen molar-refractivity contribution < 1.29 is 14.6 Å². The lowest BCUT2D eigenvalue weighted by molar-refractivity contribution is -0.247. The molecule has 7 atom stereocenters. The van der Waals surface area contributed by atoms with Crippen molar-refractivity contribution in [2.45, 2.75) is 83.5 Å². The summed E-state index contributed by atoms with van der Waals surface area (Å²) in [5, 5.41) is 10.2. The highest BCUT2D eigenvalue weighted by Crippen LogP contribution is 2.69. The normalized spacial score (nSPS) is 55.9. The van der Waals surface area contributed by atoms with Crippen LogP contribution in [-0.4, -0.2) is 30.2 Å². The fraction of sp³-hybridized carbons (Fsp3) is 1.00. The molecule has 5 aliphatic rings. The Morgan fingerprint density at radius 3 is 2.38 bits per heavy atom. The van der Waals surface area contributed by atoms with Crippen LogP contribution in [0.2, 0.25) is 0 Å². The average molecular weight is 335 g/mol. The molecular formula is C21H34O3. The predicted octanol–water partition coefficient (Wildman–Crippen LogP) is 4.13. The zero-order valence-electron chi connectivity index (χ0n) is 15.4. The summed E-state index contributed by atoms with van der Waals surface area (Å²) in [5.41, 5.74) is 0.693. The SMILES string of the molecule is C[C@]12CC[C@@H](O)CC1CC[C@@H]1[C@@H]2CC[C@@]2(C)[C@H]1CCC21OCCO1. The smallest absolute Gasteiger partial charge is 0.174 e. The van der Waals surface area contributed by atoms with Crippen LogP contribution in [0.25, 0.3) is 0 Å². The van der Waals surface area contributed by atoms with Crippen molar-refractivity contribution in [3.8, 4) is 0 Å². The largest absolute Gasteiger partial charge is 0.393 e. The van der Waals surface area contributed by atoms with Crippen LogP contribution >= 0.6 is 0 Å². The number of aliphatic hydroxyl groups excluding tert-OH is 1. The summed E-state index contributed by atoms with van der Waals surface area (Å²) >= 11 is 0. The number of rotatable bonds is 0. The maximum absolute atomic E-state index is 10.2. The van der Waals surface area contributed by atoms with E-state index in [9.17, 15) is 5.11 Å². The summed E-state index contributed by atoms with van der Waals surface area (Å²) in [6.07, 6.45) is 11.0. The first kappa shape index (κ1) is 16.1. The minimum atomic E-state index is -0.261. The topological polar surface area (TPSA) is 38.7 Å². The van der Waals surface area contributed by atoms with Crippen LogP contribution in [0.4, 0.5) is 0 Å². The van der Waals surface area contributed by atoms with Crippen LogP contribution in [0.3, 0.4) is 0 Å². The minimum Gasteiger partial charge on any atom is -0.393 e. The molecule has 1 saturated heterocycles. The van der Waals surface area contributed by atoms with Crippen molar-refractivity contribution in [1.82, 2.24) is 0 Å². The van der Waals surface area contributed by atoms with Crippen molar-refractivity contribution in [2.75, 3.05) is 13.2 Å². The third-order valence-electron chi connectivity index (χ3n) is 9.44. The van der Waals surface area contributed by atoms with Crippen molar-refractivity contribution in [2.24, 2.45) is 34.5 Å². The van der Waals surface area contributed by atoms with Gasteiger partial charge < -0.3 is 14.6 Å². The molecule has 3 nitrogen and oxygen atoms in total. The lowest BCUT2D eigenvalue weighted by Crippen LogP contribution is -2.57. The summed E-state index contributed by atoms with van der Waals surface area (Å²) in [6.45, 7) is 6.61. The van der Waals surface area contributed by atoms with E-state index in [4.69, 9.17) is 9.47 Å². The minimum absolute atomic E-state index is 0.0384. The van der Waals surface area contributed by atoms with Gasteiger partial charge in [0, 0.05) is 11.8 Å². The monoisotopic (exact) mass is 334 g/mol. The Morgan fingerprint density at radius 1 is 0.833 bits per heavy atom. The van der Waals surface area contributed by atoms with Gasteiger partial charge >= 0.3 is 0 Å². The molecule has 1 heterocycles. The number of aliphatic hydroxyl groups is 1. The fourth-order valence-corrected chi connectivity index (χ4v) is 8.12. The van der Waals surface area contributed by atoms with Crippen molar-refractivity contribution in [3.63, 3.8) is 0 Å². The van der Waals surface area contributed by atoms with Crippen molar-refractivity contribution in [3.05, 3.63) is 0 Å². The summed E-state index contributed by atoms with van der Waals surface area (Å²) < 4.78 is 12.5. The van der Waals surface area contributed by atoms with Gasteiger partial charge in [0.2, 0.25) is 0 Å². The van der Waals surface area contributed by atoms with Gasteiger partial charge in [0.25, 0.3) is 0 Å². The molecular weight excluding hydrogens is 300 g/mol. The molecule has 1 aliphatic heterocycles. The maximum Gasteiger partial charge on any atom is 0.174 e. The van der Waals surface area contributed by atoms with E-state index >= 15 is 0 Å². The van der Waals surface area contributed by atoms with E-state index in [-0.39, 0.29) is 17.3 Å². The Morgan fingerprint density at radius 2 is 1.58 bits per heavy atom. The van der Waals surface area contributed by atoms with E-state index in [0.29, 0.717) is 5.41 Å². The first-order chi connectivity index (χ1) is 11.5. The zero-order chi connectivity index (χ0) is 16.6. The highest BCUT2D eigenvalue weighted by atomic mass is 16.7. The van der Waals surface area contributed by atoms with E-state index in [1.807, 2.05) is 0 Å². The van der Waals surface area contributed by atoms with E-state index in [0.717, 1.165) is 56.1 Å². The fourth-order valence-electron chi connectivity index (χ4n) is 8.12. The molecule has 1 N–H and O–H groups in total. The molecule has 0 aromatic rings. The number of hydrogen-bond donors (Lipinski definition) is 1. The summed E-state index contributed by atoms with van der Waals surface area (Å²) in [7, 11) is 0. The molecule has 4 aliphatic carbocycles. The van der Waals surface area contributed by atoms with E-state index < -0.39 is 0 Å². The van der Waals surface area contributed by atoms with Gasteiger partial charge in [0.1, 0.15) is 0 Å². The van der Waals surface area contributed by atoms with Crippen LogP contribution < -0.4 is 0 Å². The number of fused-ring (bicyclic) bond motifs is 6. The number of hydrogen-bond acceptors (Lipinski definition) is 3. The van der Waals surface area contributed by atoms with Crippen LogP contribution in [0.1, 0.15) is 71.6 Å². The molecule has 5 rings (SSSR count). The quantitative estimate of drug-likeness (QED) is 0.724. The van der Waals surface area contributed by atoms with Gasteiger partial charge in [0.05, 0.1) is 19.3 Å². The second-order valence-electron chi connectivity index (χ2n) is 10.0. The highest BCUT2D eigenvalue weighted by Gasteiger charge is 2.67. The Balaban J connectivity index is 1.45. The molecule has 1 unspecified atom stereocenters. The van der Waals surface area contributed by atoms with Gasteiger partial charge in [-0.25, -0.2) is 0 Å². The van der Waals surface area contributed by atoms with Gasteiger partial charge in [-0.05, 0) is 80.5 Å². The first-order valence-corrected chi connectivity index (χ1v) is 10.4. The van der Waals surface area contributed by atoms with E-state index in [1.165, 1.54) is 38.5 Å². The standard InChI is InChI=1S/C21H34O3/c1-19-8-5-15(22)13-14(19)3-4-16-17(19)6-9-20(2)18(16)7-10-21(20)23-11-12-24-21/h14-18,22H,3-13H2,1-2H3/t14?,15-,16-,17+,18+,19+,20+/m1/s1. The molecule has 1 spiro atoms. The molecule has 0 radical (unpaired) electrons. The Kier molecular flexibility index (Phi) is 3.49. The molecule has 3 heteroatoms. The van der Waals surface area contributed by atoms with E-state index in [1.54, 1.807) is 0 Å². The first-order valence-electron chi connectivity index (χ1n) is 10.4. The van der Waals surface area contributed by atoms with Crippen molar-refractivity contribution >= 4 is 0 Å². The molecule has 0 bridgehead atoms. The average Bonchev–Trinajstić information content (AvgIpc) is 3.15. The van der Waals surface area contributed by atoms with Crippen LogP contribution in [0.15, 0.2) is 0 Å². The summed E-state index contributed by atoms with van der Waals surface area (Å²) in [5.74, 6) is 2.98. The number of ether oxygens (including phenoxy) is 2. The molecule has 0 amide bonds. The van der Waals surface area contributed by atoms with Gasteiger partial charge in [0.15, 0.2) is 5.79 Å². The lowest BCUT2D eigenvalue weighted by atomic mass is 9.45. The zero-order valence-corrected chi connectivity index (χ0v) is 15.4. The van der Waals surface area contributed by atoms with E-state index in [2.05, 4.69) is 13.8 Å². The third-order valence-corrected chi connectivity index (χ3v) is 9.44. The molecule has 0 aromatic heterocycles.